The van der Waals surface area contributed by atoms with Gasteiger partial charge in [0.15, 0.2) is 0 Å². The van der Waals surface area contributed by atoms with E-state index in [9.17, 15) is 0 Å². The number of aromatic nitrogens is 2. The molecule has 0 radical (unpaired) electrons. The molecule has 1 N–H and O–H groups in total. The molecule has 0 fully saturated rings. The van der Waals surface area contributed by atoms with Gasteiger partial charge in [0.05, 0.1) is 10.0 Å². The lowest BCUT2D eigenvalue weighted by Crippen LogP contribution is -2.10. The van der Waals surface area contributed by atoms with Gasteiger partial charge in [0.25, 0.3) is 4.84 Å². The summed E-state index contributed by atoms with van der Waals surface area (Å²) in [5, 5.41) is 8.64. The Bertz CT molecular complexity index is 972. The Morgan fingerprint density at radius 3 is 2.38 bits per heavy atom. The second-order valence-corrected chi connectivity index (χ2v) is 8.13. The maximum absolute atomic E-state index is 6.02. The molecule has 0 aliphatic carbocycles. The first-order valence-electron chi connectivity index (χ1n) is 8.12. The van der Waals surface area contributed by atoms with Crippen LogP contribution in [0, 0.1) is 4.84 Å². The van der Waals surface area contributed by atoms with Crippen molar-refractivity contribution in [1.82, 2.24) is 9.78 Å². The Morgan fingerprint density at radius 1 is 1.08 bits per heavy atom. The van der Waals surface area contributed by atoms with Crippen LogP contribution in [-0.4, -0.2) is 9.78 Å². The van der Waals surface area contributed by atoms with E-state index in [2.05, 4.69) is 43.3 Å². The van der Waals surface area contributed by atoms with Gasteiger partial charge in [-0.1, -0.05) is 56.1 Å². The van der Waals surface area contributed by atoms with Crippen molar-refractivity contribution >= 4 is 41.1 Å². The molecule has 2 aromatic carbocycles. The zero-order valence-corrected chi connectivity index (χ0v) is 17.0. The highest BCUT2D eigenvalue weighted by Gasteiger charge is 2.14. The Labute approximate surface area is 167 Å². The highest BCUT2D eigenvalue weighted by molar-refractivity contribution is 7.71. The molecule has 1 aromatic heterocycles. The van der Waals surface area contributed by atoms with Gasteiger partial charge in [0.2, 0.25) is 5.89 Å². The fourth-order valence-electron chi connectivity index (χ4n) is 2.41. The van der Waals surface area contributed by atoms with Crippen molar-refractivity contribution in [3.8, 4) is 11.5 Å². The average molecular weight is 408 g/mol. The van der Waals surface area contributed by atoms with Crippen molar-refractivity contribution < 1.29 is 4.42 Å². The zero-order valence-electron chi connectivity index (χ0n) is 14.7. The molecule has 26 heavy (non-hydrogen) atoms. The van der Waals surface area contributed by atoms with E-state index < -0.39 is 0 Å². The topological polar surface area (TPSA) is 43.0 Å². The lowest BCUT2D eigenvalue weighted by Gasteiger charge is -2.18. The normalized spacial score (nSPS) is 11.6. The van der Waals surface area contributed by atoms with Crippen molar-refractivity contribution in [2.75, 3.05) is 5.32 Å². The van der Waals surface area contributed by atoms with Crippen LogP contribution in [0.3, 0.4) is 0 Å². The van der Waals surface area contributed by atoms with E-state index in [4.69, 9.17) is 39.8 Å². The van der Waals surface area contributed by atoms with Crippen molar-refractivity contribution in [3.63, 3.8) is 0 Å². The molecule has 1 heterocycles. The summed E-state index contributed by atoms with van der Waals surface area (Å²) in [5.74, 6) is 0.492. The minimum absolute atomic E-state index is 0.0992. The third-order valence-corrected chi connectivity index (χ3v) is 4.99. The van der Waals surface area contributed by atoms with Gasteiger partial charge >= 0.3 is 0 Å². The second-order valence-electron chi connectivity index (χ2n) is 6.96. The summed E-state index contributed by atoms with van der Waals surface area (Å²) in [6.07, 6.45) is 0. The molecule has 0 unspecified atom stereocenters. The maximum atomic E-state index is 6.02. The quantitative estimate of drug-likeness (QED) is 0.498. The first-order valence-corrected chi connectivity index (χ1v) is 9.28. The van der Waals surface area contributed by atoms with Gasteiger partial charge in [-0.15, -0.1) is 5.10 Å². The van der Waals surface area contributed by atoms with Crippen molar-refractivity contribution in [1.29, 1.82) is 0 Å². The number of nitrogens with zero attached hydrogens (tertiary/aromatic N) is 2. The van der Waals surface area contributed by atoms with Crippen molar-refractivity contribution in [2.24, 2.45) is 0 Å². The Kier molecular flexibility index (Phi) is 5.42. The molecule has 0 amide bonds. The third-order valence-electron chi connectivity index (χ3n) is 3.96. The minimum atomic E-state index is 0.0992. The molecule has 0 saturated heterocycles. The van der Waals surface area contributed by atoms with Crippen molar-refractivity contribution in [3.05, 3.63) is 62.9 Å². The monoisotopic (exact) mass is 407 g/mol. The number of hydrogen-bond donors (Lipinski definition) is 1. The number of hydrogen-bond acceptors (Lipinski definition) is 4. The lowest BCUT2D eigenvalue weighted by atomic mass is 9.87. The molecule has 0 spiro atoms. The van der Waals surface area contributed by atoms with E-state index in [1.165, 1.54) is 5.56 Å². The predicted molar refractivity (Wildman–Crippen MR) is 110 cm³/mol. The van der Waals surface area contributed by atoms with Crippen LogP contribution >= 0.6 is 35.4 Å². The van der Waals surface area contributed by atoms with Crippen LogP contribution in [0.4, 0.5) is 5.69 Å². The molecule has 0 bridgehead atoms. The molecule has 7 heteroatoms. The fraction of sp³-hybridized carbons (Fsp3) is 0.263. The number of halogens is 2. The predicted octanol–water partition coefficient (Wildman–Crippen LogP) is 6.55. The number of benzene rings is 2. The first kappa shape index (κ1) is 19.0. The zero-order chi connectivity index (χ0) is 18.9. The molecule has 0 aliphatic heterocycles. The molecule has 0 aliphatic rings. The van der Waals surface area contributed by atoms with Crippen molar-refractivity contribution in [2.45, 2.75) is 32.9 Å². The maximum Gasteiger partial charge on any atom is 0.289 e. The highest BCUT2D eigenvalue weighted by atomic mass is 35.5. The van der Waals surface area contributed by atoms with E-state index >= 15 is 0 Å². The lowest BCUT2D eigenvalue weighted by molar-refractivity contribution is 0.522. The molecule has 4 nitrogen and oxygen atoms in total. The minimum Gasteiger partial charge on any atom is -0.409 e. The standard InChI is InChI=1S/C19H19Cl2N3OS/c1-19(2,3)13-6-4-12(5-7-13)17-23-24(18(26)25-17)11-22-14-8-9-15(20)16(21)10-14/h4-10,22H,11H2,1-3H3. The van der Waals surface area contributed by atoms with Crippen LogP contribution in [-0.2, 0) is 12.1 Å². The van der Waals surface area contributed by atoms with Gasteiger partial charge in [-0.25, -0.2) is 4.68 Å². The summed E-state index contributed by atoms with van der Waals surface area (Å²) in [4.78, 5) is 0.299. The third kappa shape index (κ3) is 4.29. The molecule has 0 saturated carbocycles. The second kappa shape index (κ2) is 7.43. The van der Waals surface area contributed by atoms with Gasteiger partial charge in [0, 0.05) is 11.3 Å². The largest absolute Gasteiger partial charge is 0.409 e. The van der Waals surface area contributed by atoms with E-state index in [1.54, 1.807) is 16.8 Å². The summed E-state index contributed by atoms with van der Waals surface area (Å²) >= 11 is 17.2. The summed E-state index contributed by atoms with van der Waals surface area (Å²) in [5.41, 5.74) is 3.06. The molecular formula is C19H19Cl2N3OS. The van der Waals surface area contributed by atoms with Gasteiger partial charge in [-0.05, 0) is 53.5 Å². The van der Waals surface area contributed by atoms with Gasteiger partial charge < -0.3 is 9.73 Å². The molecule has 136 valence electrons. The van der Waals surface area contributed by atoms with Crippen LogP contribution in [0.15, 0.2) is 46.9 Å². The van der Waals surface area contributed by atoms with Gasteiger partial charge in [-0.2, -0.15) is 0 Å². The van der Waals surface area contributed by atoms with Crippen LogP contribution in [0.2, 0.25) is 10.0 Å². The van der Waals surface area contributed by atoms with Gasteiger partial charge in [0.1, 0.15) is 6.67 Å². The van der Waals surface area contributed by atoms with E-state index in [0.29, 0.717) is 27.4 Å². The van der Waals surface area contributed by atoms with Crippen LogP contribution in [0.5, 0.6) is 0 Å². The Morgan fingerprint density at radius 2 is 1.77 bits per heavy atom. The highest BCUT2D eigenvalue weighted by Crippen LogP contribution is 2.26. The van der Waals surface area contributed by atoms with E-state index in [1.807, 2.05) is 18.2 Å². The van der Waals surface area contributed by atoms with Gasteiger partial charge in [-0.3, -0.25) is 0 Å². The number of anilines is 1. The van der Waals surface area contributed by atoms with Crippen LogP contribution in [0.1, 0.15) is 26.3 Å². The molecule has 0 atom stereocenters. The fourth-order valence-corrected chi connectivity index (χ4v) is 2.89. The summed E-state index contributed by atoms with van der Waals surface area (Å²) in [7, 11) is 0. The number of rotatable bonds is 4. The van der Waals surface area contributed by atoms with Crippen LogP contribution in [0.25, 0.3) is 11.5 Å². The van der Waals surface area contributed by atoms with E-state index in [0.717, 1.165) is 11.3 Å². The number of nitrogens with one attached hydrogen (secondary N) is 1. The molecular weight excluding hydrogens is 389 g/mol. The first-order chi connectivity index (χ1) is 12.2. The Balaban J connectivity index is 1.76. The molecule has 3 rings (SSSR count). The summed E-state index contributed by atoms with van der Waals surface area (Å²) in [6, 6.07) is 13.5. The average Bonchev–Trinajstić information content (AvgIpc) is 2.96. The SMILES string of the molecule is CC(C)(C)c1ccc(-c2nn(CNc3ccc(Cl)c(Cl)c3)c(=S)o2)cc1. The summed E-state index contributed by atoms with van der Waals surface area (Å²) in [6.45, 7) is 6.89. The van der Waals surface area contributed by atoms with E-state index in [-0.39, 0.29) is 5.41 Å². The van der Waals surface area contributed by atoms with Crippen LogP contribution < -0.4 is 5.32 Å². The molecule has 3 aromatic rings. The smallest absolute Gasteiger partial charge is 0.289 e. The Hall–Kier alpha value is -1.82. The summed E-state index contributed by atoms with van der Waals surface area (Å²) < 4.78 is 7.23.